The van der Waals surface area contributed by atoms with E-state index < -0.39 is 6.10 Å². The molecule has 0 saturated heterocycles. The molecule has 0 fully saturated rings. The molecule has 1 atom stereocenters. The molecule has 0 aromatic heterocycles. The van der Waals surface area contributed by atoms with Crippen LogP contribution in [0.25, 0.3) is 0 Å². The number of rotatable bonds is 64. The first kappa shape index (κ1) is 78.3. The van der Waals surface area contributed by atoms with Gasteiger partial charge in [-0.15, -0.1) is 0 Å². The van der Waals surface area contributed by atoms with Gasteiger partial charge in [0.05, 0.1) is 0 Å². The van der Waals surface area contributed by atoms with Gasteiger partial charge in [0, 0.05) is 19.3 Å². The molecule has 0 heterocycles. The zero-order valence-electron chi connectivity index (χ0n) is 54.2. The minimum absolute atomic E-state index is 0.101. The number of allylic oxidation sites excluding steroid dienone is 16. The maximum absolute atomic E-state index is 12.9. The maximum Gasteiger partial charge on any atom is 0.306 e. The number of unbranched alkanes of at least 4 members (excludes halogenated alkanes) is 37. The first-order valence-corrected chi connectivity index (χ1v) is 35.2. The van der Waals surface area contributed by atoms with Gasteiger partial charge in [-0.25, -0.2) is 0 Å². The van der Waals surface area contributed by atoms with Crippen molar-refractivity contribution in [3.63, 3.8) is 0 Å². The van der Waals surface area contributed by atoms with E-state index in [1.165, 1.54) is 199 Å². The fourth-order valence-electron chi connectivity index (χ4n) is 10.1. The van der Waals surface area contributed by atoms with Gasteiger partial charge in [0.2, 0.25) is 0 Å². The number of esters is 3. The Hall–Kier alpha value is -3.67. The topological polar surface area (TPSA) is 78.9 Å². The number of ether oxygens (including phenoxy) is 3. The highest BCUT2D eigenvalue weighted by Crippen LogP contribution is 2.18. The van der Waals surface area contributed by atoms with Gasteiger partial charge in [0.1, 0.15) is 13.2 Å². The standard InChI is InChI=1S/C76H132O6/c1-4-7-10-13-16-19-22-25-28-31-32-33-34-35-36-37-38-39-40-41-42-43-46-48-51-54-57-60-63-66-69-75(78)81-72-73(82-76(79)70-67-64-61-58-55-52-49-45-30-27-24-21-18-15-12-9-6-3)71-80-74(77)68-65-62-59-56-53-50-47-44-29-26-23-20-17-14-11-8-5-2/h8-9,11-12,17-18,20-21,26-27,29-30,49,52,58,61,73H,4-7,10,13-16,19,22-25,28,31-48,50-51,53-57,59-60,62-72H2,1-3H3/b11-8-,12-9-,20-17-,21-18-,29-26-,30-27-,52-49-,61-58-. The lowest BCUT2D eigenvalue weighted by molar-refractivity contribution is -0.167. The van der Waals surface area contributed by atoms with Crippen molar-refractivity contribution in [3.8, 4) is 0 Å². The second-order valence-corrected chi connectivity index (χ2v) is 23.4. The lowest BCUT2D eigenvalue weighted by Gasteiger charge is -2.18. The van der Waals surface area contributed by atoms with Crippen molar-refractivity contribution in [2.75, 3.05) is 13.2 Å². The SMILES string of the molecule is CC/C=C\C/C=C\C/C=C\C/C=C\C/C=C\CCCC(=O)OC(COC(=O)CCCCCCCCC/C=C\C/C=C\C/C=C\CC)COC(=O)CCCCCCCCCCCCCCCCCCCCCCCCCCCCCCCC. The zero-order chi connectivity index (χ0) is 59.2. The van der Waals surface area contributed by atoms with Crippen molar-refractivity contribution >= 4 is 17.9 Å². The van der Waals surface area contributed by atoms with Crippen molar-refractivity contribution < 1.29 is 28.6 Å². The summed E-state index contributed by atoms with van der Waals surface area (Å²) in [7, 11) is 0. The van der Waals surface area contributed by atoms with Crippen LogP contribution in [0.1, 0.15) is 348 Å². The van der Waals surface area contributed by atoms with Gasteiger partial charge in [0.25, 0.3) is 0 Å². The molecule has 472 valence electrons. The van der Waals surface area contributed by atoms with E-state index in [-0.39, 0.29) is 37.5 Å². The van der Waals surface area contributed by atoms with E-state index >= 15 is 0 Å². The Bertz CT molecular complexity index is 1590. The van der Waals surface area contributed by atoms with E-state index in [9.17, 15) is 14.4 Å². The highest BCUT2D eigenvalue weighted by atomic mass is 16.6. The van der Waals surface area contributed by atoms with Crippen LogP contribution in [0.5, 0.6) is 0 Å². The summed E-state index contributed by atoms with van der Waals surface area (Å²) < 4.78 is 16.9. The van der Waals surface area contributed by atoms with E-state index in [2.05, 4.69) is 118 Å². The summed E-state index contributed by atoms with van der Waals surface area (Å²) in [5.41, 5.74) is 0. The van der Waals surface area contributed by atoms with Gasteiger partial charge in [-0.2, -0.15) is 0 Å². The predicted molar refractivity (Wildman–Crippen MR) is 357 cm³/mol. The second kappa shape index (κ2) is 69.8. The van der Waals surface area contributed by atoms with Gasteiger partial charge in [-0.1, -0.05) is 336 Å². The molecule has 0 bridgehead atoms. The van der Waals surface area contributed by atoms with Gasteiger partial charge in [-0.05, 0) is 89.9 Å². The third-order valence-corrected chi connectivity index (χ3v) is 15.3. The molecular weight excluding hydrogens is 1010 g/mol. The zero-order valence-corrected chi connectivity index (χ0v) is 54.2. The molecule has 0 spiro atoms. The Balaban J connectivity index is 4.28. The van der Waals surface area contributed by atoms with Crippen LogP contribution in [-0.4, -0.2) is 37.2 Å². The van der Waals surface area contributed by atoms with Gasteiger partial charge < -0.3 is 14.2 Å². The quantitative estimate of drug-likeness (QED) is 0.0261. The van der Waals surface area contributed by atoms with Crippen molar-refractivity contribution in [1.82, 2.24) is 0 Å². The first-order chi connectivity index (χ1) is 40.5. The number of carbonyl (C=O) groups is 3. The van der Waals surface area contributed by atoms with Crippen molar-refractivity contribution in [3.05, 3.63) is 97.2 Å². The summed E-state index contributed by atoms with van der Waals surface area (Å²) in [6, 6.07) is 0. The number of hydrogen-bond acceptors (Lipinski definition) is 6. The van der Waals surface area contributed by atoms with Crippen LogP contribution >= 0.6 is 0 Å². The van der Waals surface area contributed by atoms with E-state index in [0.29, 0.717) is 19.3 Å². The van der Waals surface area contributed by atoms with E-state index in [4.69, 9.17) is 14.2 Å². The molecule has 0 aliphatic heterocycles. The van der Waals surface area contributed by atoms with Gasteiger partial charge >= 0.3 is 17.9 Å². The maximum atomic E-state index is 12.9. The van der Waals surface area contributed by atoms with Crippen molar-refractivity contribution in [2.24, 2.45) is 0 Å². The molecule has 0 aliphatic carbocycles. The van der Waals surface area contributed by atoms with E-state index in [1.54, 1.807) is 0 Å². The minimum Gasteiger partial charge on any atom is -0.462 e. The molecule has 0 N–H and O–H groups in total. The molecular formula is C76H132O6. The molecule has 0 radical (unpaired) electrons. The highest BCUT2D eigenvalue weighted by Gasteiger charge is 2.19. The third-order valence-electron chi connectivity index (χ3n) is 15.3. The predicted octanol–water partition coefficient (Wildman–Crippen LogP) is 24.4. The normalized spacial score (nSPS) is 12.7. The van der Waals surface area contributed by atoms with Crippen LogP contribution < -0.4 is 0 Å². The lowest BCUT2D eigenvalue weighted by Crippen LogP contribution is -2.30. The average molecular weight is 1140 g/mol. The lowest BCUT2D eigenvalue weighted by atomic mass is 10.0. The third kappa shape index (κ3) is 67.1. The Labute approximate surface area is 508 Å². The Morgan fingerprint density at radius 2 is 0.488 bits per heavy atom. The van der Waals surface area contributed by atoms with Gasteiger partial charge in [0.15, 0.2) is 6.10 Å². The Morgan fingerprint density at radius 1 is 0.256 bits per heavy atom. The van der Waals surface area contributed by atoms with Crippen molar-refractivity contribution in [1.29, 1.82) is 0 Å². The molecule has 0 aromatic rings. The summed E-state index contributed by atoms with van der Waals surface area (Å²) in [4.78, 5) is 38.4. The van der Waals surface area contributed by atoms with Crippen LogP contribution in [-0.2, 0) is 28.6 Å². The fraction of sp³-hybridized carbons (Fsp3) is 0.750. The summed E-state index contributed by atoms with van der Waals surface area (Å²) in [6.45, 7) is 6.41. The number of hydrogen-bond donors (Lipinski definition) is 0. The van der Waals surface area contributed by atoms with Crippen molar-refractivity contribution in [2.45, 2.75) is 354 Å². The van der Waals surface area contributed by atoms with Crippen LogP contribution in [0.15, 0.2) is 97.2 Å². The fourth-order valence-corrected chi connectivity index (χ4v) is 10.1. The molecule has 0 aromatic carbocycles. The summed E-state index contributed by atoms with van der Waals surface area (Å²) in [5.74, 6) is -0.956. The smallest absolute Gasteiger partial charge is 0.306 e. The summed E-state index contributed by atoms with van der Waals surface area (Å²) in [5, 5.41) is 0. The van der Waals surface area contributed by atoms with Gasteiger partial charge in [-0.3, -0.25) is 14.4 Å². The largest absolute Gasteiger partial charge is 0.462 e. The molecule has 1 unspecified atom stereocenters. The molecule has 6 nitrogen and oxygen atoms in total. The number of carbonyl (C=O) groups excluding carboxylic acids is 3. The van der Waals surface area contributed by atoms with Crippen LogP contribution in [0.4, 0.5) is 0 Å². The monoisotopic (exact) mass is 1140 g/mol. The minimum atomic E-state index is -0.813. The Morgan fingerprint density at radius 3 is 0.780 bits per heavy atom. The first-order valence-electron chi connectivity index (χ1n) is 35.2. The Kier molecular flexibility index (Phi) is 66.7. The van der Waals surface area contributed by atoms with E-state index in [1.807, 2.05) is 0 Å². The van der Waals surface area contributed by atoms with E-state index in [0.717, 1.165) is 103 Å². The molecule has 0 amide bonds. The second-order valence-electron chi connectivity index (χ2n) is 23.4. The highest BCUT2D eigenvalue weighted by molar-refractivity contribution is 5.71. The molecule has 82 heavy (non-hydrogen) atoms. The average Bonchev–Trinajstić information content (AvgIpc) is 3.47. The molecule has 0 saturated carbocycles. The summed E-state index contributed by atoms with van der Waals surface area (Å²) in [6.07, 6.45) is 94.6. The molecule has 0 aliphatic rings. The molecule has 6 heteroatoms. The van der Waals surface area contributed by atoms with Crippen LogP contribution in [0, 0.1) is 0 Å². The van der Waals surface area contributed by atoms with Crippen LogP contribution in [0.2, 0.25) is 0 Å². The summed E-state index contributed by atoms with van der Waals surface area (Å²) >= 11 is 0. The van der Waals surface area contributed by atoms with Crippen LogP contribution in [0.3, 0.4) is 0 Å². The molecule has 0 rings (SSSR count).